The zero-order chi connectivity index (χ0) is 34.3. The van der Waals surface area contributed by atoms with Crippen molar-refractivity contribution >= 4 is 0 Å². The molecule has 0 heterocycles. The molecule has 1 heteroatoms. The molecule has 0 aliphatic heterocycles. The highest BCUT2D eigenvalue weighted by atomic mass is 16.3. The average Bonchev–Trinajstić information content (AvgIpc) is 3.08. The van der Waals surface area contributed by atoms with E-state index in [9.17, 15) is 5.11 Å². The topological polar surface area (TPSA) is 20.2 Å². The molecule has 0 radical (unpaired) electrons. The van der Waals surface area contributed by atoms with Crippen LogP contribution in [-0.2, 0) is 16.2 Å². The van der Waals surface area contributed by atoms with E-state index in [4.69, 9.17) is 0 Å². The summed E-state index contributed by atoms with van der Waals surface area (Å²) in [6.07, 6.45) is 34.3. The summed E-state index contributed by atoms with van der Waals surface area (Å²) in [6, 6.07) is 4.73. The normalized spacial score (nSPS) is 12.7. The molecule has 0 bridgehead atoms. The fourth-order valence-corrected chi connectivity index (χ4v) is 9.04. The first-order chi connectivity index (χ1) is 22.3. The molecule has 0 aromatic heterocycles. The van der Waals surface area contributed by atoms with E-state index in [1.807, 2.05) is 0 Å². The molecule has 0 spiro atoms. The van der Waals surface area contributed by atoms with E-state index < -0.39 is 0 Å². The number of aromatic hydroxyl groups is 1. The Morgan fingerprint density at radius 1 is 0.348 bits per heavy atom. The number of hydrogen-bond donors (Lipinski definition) is 1. The second-order valence-corrected chi connectivity index (χ2v) is 15.7. The Balaban J connectivity index is 4.61. The maximum atomic E-state index is 12.5. The Labute approximate surface area is 290 Å². The first-order valence-electron chi connectivity index (χ1n) is 21.2. The molecule has 46 heavy (non-hydrogen) atoms. The highest BCUT2D eigenvalue weighted by Gasteiger charge is 2.46. The van der Waals surface area contributed by atoms with Gasteiger partial charge in [-0.25, -0.2) is 0 Å². The number of phenolic OH excluding ortho intramolecular Hbond substituents is 1. The number of phenols is 1. The fraction of sp³-hybridized carbons (Fsp3) is 0.867. The van der Waals surface area contributed by atoms with Crippen LogP contribution in [0.5, 0.6) is 5.75 Å². The number of hydrogen-bond acceptors (Lipinski definition) is 1. The van der Waals surface area contributed by atoms with E-state index in [0.29, 0.717) is 5.75 Å². The van der Waals surface area contributed by atoms with Crippen LogP contribution in [0.4, 0.5) is 0 Å². The molecule has 0 saturated carbocycles. The van der Waals surface area contributed by atoms with Gasteiger partial charge in [-0.15, -0.1) is 0 Å². The van der Waals surface area contributed by atoms with E-state index in [1.54, 1.807) is 11.1 Å². The lowest BCUT2D eigenvalue weighted by Gasteiger charge is -2.48. The summed E-state index contributed by atoms with van der Waals surface area (Å²) < 4.78 is 0. The van der Waals surface area contributed by atoms with Gasteiger partial charge in [-0.2, -0.15) is 0 Å². The van der Waals surface area contributed by atoms with Gasteiger partial charge in [-0.1, -0.05) is 184 Å². The van der Waals surface area contributed by atoms with Crippen molar-refractivity contribution in [3.63, 3.8) is 0 Å². The average molecular weight is 641 g/mol. The van der Waals surface area contributed by atoms with Crippen molar-refractivity contribution in [3.8, 4) is 5.75 Å². The van der Waals surface area contributed by atoms with Gasteiger partial charge in [0.2, 0.25) is 0 Å². The third-order valence-corrected chi connectivity index (χ3v) is 11.9. The summed E-state index contributed by atoms with van der Waals surface area (Å²) in [7, 11) is 0. The summed E-state index contributed by atoms with van der Waals surface area (Å²) in [5.74, 6) is 0.645. The predicted octanol–water partition coefficient (Wildman–Crippen LogP) is 15.8. The second-order valence-electron chi connectivity index (χ2n) is 15.7. The monoisotopic (exact) mass is 641 g/mol. The summed E-state index contributed by atoms with van der Waals surface area (Å²) in [5, 5.41) is 12.5. The molecule has 1 aromatic carbocycles. The standard InChI is InChI=1S/C45H84O/c1-10-19-30-43(31-20-11-2,32-21-12-3)39-28-29-40(46)42(45(36-25-16-7,37-26-17-8)38-27-18-9)41(39)44(33-22-13-4,34-23-14-5)35-24-15-6/h28-29,46H,10-27,30-38H2,1-9H3. The molecule has 1 N–H and O–H groups in total. The van der Waals surface area contributed by atoms with Crippen molar-refractivity contribution in [1.82, 2.24) is 0 Å². The van der Waals surface area contributed by atoms with Gasteiger partial charge in [0.1, 0.15) is 5.75 Å². The lowest BCUT2D eigenvalue weighted by Crippen LogP contribution is -2.39. The van der Waals surface area contributed by atoms with Crippen molar-refractivity contribution in [1.29, 1.82) is 0 Å². The second kappa shape index (κ2) is 24.2. The quantitative estimate of drug-likeness (QED) is 0.0887. The molecule has 1 rings (SSSR count). The van der Waals surface area contributed by atoms with E-state index in [2.05, 4.69) is 74.4 Å². The van der Waals surface area contributed by atoms with E-state index in [0.717, 1.165) is 0 Å². The third-order valence-electron chi connectivity index (χ3n) is 11.9. The van der Waals surface area contributed by atoms with Gasteiger partial charge in [-0.05, 0) is 91.2 Å². The highest BCUT2D eigenvalue weighted by molar-refractivity contribution is 5.55. The van der Waals surface area contributed by atoms with Crippen LogP contribution >= 0.6 is 0 Å². The van der Waals surface area contributed by atoms with Crippen molar-refractivity contribution < 1.29 is 5.11 Å². The highest BCUT2D eigenvalue weighted by Crippen LogP contribution is 2.56. The summed E-state index contributed by atoms with van der Waals surface area (Å²) in [4.78, 5) is 0. The van der Waals surface area contributed by atoms with Crippen molar-refractivity contribution in [3.05, 3.63) is 28.8 Å². The first-order valence-corrected chi connectivity index (χ1v) is 21.2. The maximum Gasteiger partial charge on any atom is 0.119 e. The largest absolute Gasteiger partial charge is 0.508 e. The zero-order valence-corrected chi connectivity index (χ0v) is 33.2. The minimum atomic E-state index is 0.0688. The van der Waals surface area contributed by atoms with E-state index in [-0.39, 0.29) is 16.2 Å². The Kier molecular flexibility index (Phi) is 22.6. The fourth-order valence-electron chi connectivity index (χ4n) is 9.04. The maximum absolute atomic E-state index is 12.5. The van der Waals surface area contributed by atoms with E-state index in [1.165, 1.54) is 179 Å². The van der Waals surface area contributed by atoms with Crippen LogP contribution in [0, 0.1) is 0 Å². The van der Waals surface area contributed by atoms with Crippen LogP contribution in [0.1, 0.15) is 252 Å². The van der Waals surface area contributed by atoms with Gasteiger partial charge < -0.3 is 5.11 Å². The zero-order valence-electron chi connectivity index (χ0n) is 33.2. The van der Waals surface area contributed by atoms with Gasteiger partial charge in [-0.3, -0.25) is 0 Å². The number of benzene rings is 1. The van der Waals surface area contributed by atoms with Crippen LogP contribution < -0.4 is 0 Å². The summed E-state index contributed by atoms with van der Waals surface area (Å²) >= 11 is 0. The molecule has 270 valence electrons. The van der Waals surface area contributed by atoms with Crippen LogP contribution in [-0.4, -0.2) is 5.11 Å². The van der Waals surface area contributed by atoms with Gasteiger partial charge in [0.15, 0.2) is 0 Å². The first kappa shape index (κ1) is 43.0. The Bertz CT molecular complexity index is 816. The molecular weight excluding hydrogens is 556 g/mol. The molecule has 1 aromatic rings. The van der Waals surface area contributed by atoms with Gasteiger partial charge in [0, 0.05) is 5.56 Å². The smallest absolute Gasteiger partial charge is 0.119 e. The van der Waals surface area contributed by atoms with Gasteiger partial charge in [0.25, 0.3) is 0 Å². The minimum Gasteiger partial charge on any atom is -0.508 e. The molecule has 0 amide bonds. The molecule has 0 aliphatic carbocycles. The number of rotatable bonds is 30. The Morgan fingerprint density at radius 2 is 0.587 bits per heavy atom. The summed E-state index contributed by atoms with van der Waals surface area (Å²) in [5.41, 5.74) is 5.29. The lowest BCUT2D eigenvalue weighted by molar-refractivity contribution is 0.252. The molecule has 0 saturated heterocycles. The molecular formula is C45H84O. The molecule has 0 fully saturated rings. The lowest BCUT2D eigenvalue weighted by atomic mass is 9.56. The number of unbranched alkanes of at least 4 members (excludes halogenated alkanes) is 9. The SMILES string of the molecule is CCCCC(CCCC)(CCCC)c1ccc(O)c(C(CCCC)(CCCC)CCCC)c1C(CCCC)(CCCC)CCCC. The van der Waals surface area contributed by atoms with Crippen molar-refractivity contribution in [2.24, 2.45) is 0 Å². The van der Waals surface area contributed by atoms with Crippen molar-refractivity contribution in [2.45, 2.75) is 252 Å². The van der Waals surface area contributed by atoms with Crippen LogP contribution in [0.2, 0.25) is 0 Å². The molecule has 1 nitrogen and oxygen atoms in total. The minimum absolute atomic E-state index is 0.0688. The van der Waals surface area contributed by atoms with Gasteiger partial charge in [0.05, 0.1) is 0 Å². The van der Waals surface area contributed by atoms with Crippen LogP contribution in [0.25, 0.3) is 0 Å². The van der Waals surface area contributed by atoms with E-state index >= 15 is 0 Å². The van der Waals surface area contributed by atoms with Crippen LogP contribution in [0.15, 0.2) is 12.1 Å². The van der Waals surface area contributed by atoms with Gasteiger partial charge >= 0.3 is 0 Å². The van der Waals surface area contributed by atoms with Crippen molar-refractivity contribution in [2.75, 3.05) is 0 Å². The third kappa shape index (κ3) is 12.2. The Morgan fingerprint density at radius 3 is 0.848 bits per heavy atom. The molecule has 0 atom stereocenters. The van der Waals surface area contributed by atoms with Crippen LogP contribution in [0.3, 0.4) is 0 Å². The molecule has 0 aliphatic rings. The molecule has 0 unspecified atom stereocenters. The summed E-state index contributed by atoms with van der Waals surface area (Å²) in [6.45, 7) is 21.5. The predicted molar refractivity (Wildman–Crippen MR) is 209 cm³/mol. The Hall–Kier alpha value is -0.980.